The third-order valence-corrected chi connectivity index (χ3v) is 5.16. The molecule has 0 radical (unpaired) electrons. The molecule has 1 aliphatic carbocycles. The molecule has 0 unspecified atom stereocenters. The standard InChI is InChI=1S/C10H15Ge.3ClH/c1-6-7(2)9(11)10(4,5)8(6)3;;;/h1-5H3;3*1H/q+3;;;/p-3. The summed E-state index contributed by atoms with van der Waals surface area (Å²) in [4.78, 5) is 0. The van der Waals surface area contributed by atoms with Crippen molar-refractivity contribution < 1.29 is 37.2 Å². The van der Waals surface area contributed by atoms with Gasteiger partial charge in [-0.2, -0.15) is 0 Å². The van der Waals surface area contributed by atoms with Crippen LogP contribution in [0.1, 0.15) is 34.6 Å². The summed E-state index contributed by atoms with van der Waals surface area (Å²) in [6, 6.07) is 0. The number of hydrogen-bond acceptors (Lipinski definition) is 0. The Labute approximate surface area is 114 Å². The summed E-state index contributed by atoms with van der Waals surface area (Å²) in [5.74, 6) is 0. The van der Waals surface area contributed by atoms with Crippen LogP contribution < -0.4 is 37.2 Å². The molecule has 0 amide bonds. The van der Waals surface area contributed by atoms with Gasteiger partial charge in [0.15, 0.2) is 0 Å². The zero-order valence-electron chi connectivity index (χ0n) is 9.13. The van der Waals surface area contributed by atoms with E-state index >= 15 is 0 Å². The van der Waals surface area contributed by atoms with Gasteiger partial charge in [0.1, 0.15) is 0 Å². The average molecular weight is 314 g/mol. The molecule has 0 aliphatic heterocycles. The number of rotatable bonds is 0. The zero-order chi connectivity index (χ0) is 8.81. The first-order valence-corrected chi connectivity index (χ1v) is 5.05. The van der Waals surface area contributed by atoms with Gasteiger partial charge in [0.25, 0.3) is 0 Å². The Hall–Kier alpha value is 0.893. The van der Waals surface area contributed by atoms with Crippen LogP contribution in [0.5, 0.6) is 0 Å². The van der Waals surface area contributed by atoms with Crippen molar-refractivity contribution in [2.24, 2.45) is 5.41 Å². The minimum Gasteiger partial charge on any atom is -1.00 e. The van der Waals surface area contributed by atoms with E-state index in [-0.39, 0.29) is 37.2 Å². The van der Waals surface area contributed by atoms with Crippen LogP contribution >= 0.6 is 0 Å². The van der Waals surface area contributed by atoms with Crippen molar-refractivity contribution in [2.75, 3.05) is 0 Å². The molecule has 0 aromatic carbocycles. The van der Waals surface area contributed by atoms with Crippen molar-refractivity contribution in [1.82, 2.24) is 0 Å². The van der Waals surface area contributed by atoms with Crippen molar-refractivity contribution in [1.29, 1.82) is 0 Å². The molecular weight excluding hydrogens is 299 g/mol. The first-order chi connectivity index (χ1) is 4.89. The summed E-state index contributed by atoms with van der Waals surface area (Å²) in [6.45, 7) is 11.3. The van der Waals surface area contributed by atoms with Crippen LogP contribution in [0.25, 0.3) is 0 Å². The molecule has 0 saturated carbocycles. The monoisotopic (exact) mass is 314 g/mol. The predicted octanol–water partition coefficient (Wildman–Crippen LogP) is -6.18. The SMILES string of the molecule is CC1=C(C)C(C)(C)[C]([Ge+3])=C1C.[Cl-].[Cl-].[Cl-]. The summed E-state index contributed by atoms with van der Waals surface area (Å²) in [5.41, 5.74) is 4.83. The van der Waals surface area contributed by atoms with E-state index in [0.717, 1.165) is 0 Å². The van der Waals surface area contributed by atoms with Crippen LogP contribution in [-0.2, 0) is 0 Å². The van der Waals surface area contributed by atoms with E-state index in [4.69, 9.17) is 0 Å². The third-order valence-electron chi connectivity index (χ3n) is 3.06. The van der Waals surface area contributed by atoms with Crippen LogP contribution in [0, 0.1) is 5.41 Å². The molecular formula is C10H15Cl3Ge. The molecule has 0 saturated heterocycles. The van der Waals surface area contributed by atoms with E-state index in [1.165, 1.54) is 21.1 Å². The first-order valence-electron chi connectivity index (χ1n) is 4.00. The smallest absolute Gasteiger partial charge is 1.00 e. The van der Waals surface area contributed by atoms with E-state index in [1.54, 1.807) is 0 Å². The fraction of sp³-hybridized carbons (Fsp3) is 0.600. The maximum absolute atomic E-state index is 2.30. The normalized spacial score (nSPS) is 18.5. The summed E-state index contributed by atoms with van der Waals surface area (Å²) in [6.07, 6.45) is 0. The van der Waals surface area contributed by atoms with Crippen LogP contribution in [-0.4, -0.2) is 16.5 Å². The average Bonchev–Trinajstić information content (AvgIpc) is 2.06. The van der Waals surface area contributed by atoms with Gasteiger partial charge in [0.05, 0.1) is 0 Å². The number of hydrogen-bond donors (Lipinski definition) is 0. The third kappa shape index (κ3) is 2.94. The zero-order valence-corrected chi connectivity index (χ0v) is 13.5. The molecule has 1 aliphatic rings. The Kier molecular flexibility index (Phi) is 9.39. The quantitative estimate of drug-likeness (QED) is 0.391. The van der Waals surface area contributed by atoms with Gasteiger partial charge in [-0.05, 0) is 0 Å². The summed E-state index contributed by atoms with van der Waals surface area (Å²) in [5, 5.41) is 0. The molecule has 0 N–H and O–H groups in total. The van der Waals surface area contributed by atoms with Crippen molar-refractivity contribution in [3.63, 3.8) is 0 Å². The Morgan fingerprint density at radius 2 is 1.21 bits per heavy atom. The topological polar surface area (TPSA) is 0 Å². The van der Waals surface area contributed by atoms with E-state index < -0.39 is 0 Å². The number of halogens is 3. The maximum atomic E-state index is 2.30. The first kappa shape index (κ1) is 20.3. The van der Waals surface area contributed by atoms with Crippen LogP contribution in [0.4, 0.5) is 0 Å². The van der Waals surface area contributed by atoms with Crippen molar-refractivity contribution in [3.05, 3.63) is 21.1 Å². The van der Waals surface area contributed by atoms with Gasteiger partial charge in [0, 0.05) is 0 Å². The molecule has 1 rings (SSSR count). The minimum absolute atomic E-state index is 0. The Morgan fingerprint density at radius 3 is 1.29 bits per heavy atom. The van der Waals surface area contributed by atoms with E-state index in [1.807, 2.05) is 0 Å². The predicted molar refractivity (Wildman–Crippen MR) is 50.6 cm³/mol. The van der Waals surface area contributed by atoms with E-state index in [0.29, 0.717) is 5.41 Å². The molecule has 0 nitrogen and oxygen atoms in total. The molecule has 4 heteroatoms. The Morgan fingerprint density at radius 1 is 0.857 bits per heavy atom. The Balaban J connectivity index is -0.000000403. The van der Waals surface area contributed by atoms with Gasteiger partial charge in [-0.15, -0.1) is 0 Å². The molecule has 0 bridgehead atoms. The fourth-order valence-electron chi connectivity index (χ4n) is 1.59. The fourth-order valence-corrected chi connectivity index (χ4v) is 2.38. The van der Waals surface area contributed by atoms with Gasteiger partial charge in [0.2, 0.25) is 0 Å². The summed E-state index contributed by atoms with van der Waals surface area (Å²) in [7, 11) is 0. The summed E-state index contributed by atoms with van der Waals surface area (Å²) < 4.78 is 1.53. The van der Waals surface area contributed by atoms with Crippen LogP contribution in [0.2, 0.25) is 0 Å². The summed E-state index contributed by atoms with van der Waals surface area (Å²) >= 11 is 2.25. The molecule has 80 valence electrons. The number of allylic oxidation sites excluding steroid dienone is 4. The molecule has 0 atom stereocenters. The largest absolute Gasteiger partial charge is 1.00 e. The molecule has 0 spiro atoms. The van der Waals surface area contributed by atoms with E-state index in [9.17, 15) is 0 Å². The Bertz CT molecular complexity index is 239. The molecule has 0 fully saturated rings. The maximum Gasteiger partial charge on any atom is -1.00 e. The minimum atomic E-state index is 0. The van der Waals surface area contributed by atoms with Crippen LogP contribution in [0.15, 0.2) is 21.1 Å². The van der Waals surface area contributed by atoms with Gasteiger partial charge >= 0.3 is 77.7 Å². The van der Waals surface area contributed by atoms with Crippen molar-refractivity contribution in [2.45, 2.75) is 34.6 Å². The van der Waals surface area contributed by atoms with Crippen molar-refractivity contribution >= 4 is 16.5 Å². The van der Waals surface area contributed by atoms with Gasteiger partial charge < -0.3 is 37.2 Å². The molecule has 0 aromatic rings. The van der Waals surface area contributed by atoms with Crippen LogP contribution in [0.3, 0.4) is 0 Å². The molecule has 0 aromatic heterocycles. The second-order valence-corrected chi connectivity index (χ2v) is 4.92. The van der Waals surface area contributed by atoms with Gasteiger partial charge in [-0.3, -0.25) is 0 Å². The van der Waals surface area contributed by atoms with Gasteiger partial charge in [-0.25, -0.2) is 0 Å². The molecule has 0 heterocycles. The second-order valence-electron chi connectivity index (χ2n) is 3.88. The van der Waals surface area contributed by atoms with Crippen molar-refractivity contribution in [3.8, 4) is 0 Å². The van der Waals surface area contributed by atoms with Gasteiger partial charge in [-0.1, -0.05) is 0 Å². The molecule has 14 heavy (non-hydrogen) atoms. The second kappa shape index (κ2) is 6.47. The van der Waals surface area contributed by atoms with E-state index in [2.05, 4.69) is 51.1 Å².